The average molecular weight is 216 g/mol. The van der Waals surface area contributed by atoms with Crippen LogP contribution >= 0.6 is 0 Å². The van der Waals surface area contributed by atoms with E-state index in [-0.39, 0.29) is 0 Å². The highest BCUT2D eigenvalue weighted by Gasteiger charge is 1.95. The van der Waals surface area contributed by atoms with Crippen molar-refractivity contribution in [2.45, 2.75) is 0 Å². The predicted molar refractivity (Wildman–Crippen MR) is 69.1 cm³/mol. The summed E-state index contributed by atoms with van der Waals surface area (Å²) in [6, 6.07) is 15.6. The fourth-order valence-corrected chi connectivity index (χ4v) is 1.35. The molecule has 4 heteroatoms. The molecule has 0 aliphatic heterocycles. The number of hydrogen-bond acceptors (Lipinski definition) is 4. The first-order valence-electron chi connectivity index (χ1n) is 4.80. The van der Waals surface area contributed by atoms with Gasteiger partial charge < -0.3 is 11.5 Å². The van der Waals surface area contributed by atoms with E-state index in [1.165, 1.54) is 0 Å². The van der Waals surface area contributed by atoms with Gasteiger partial charge in [-0.25, -0.2) is 0 Å². The normalized spacial score (nSPS) is 9.12. The molecule has 0 amide bonds. The second kappa shape index (κ2) is 5.75. The minimum atomic E-state index is 0.782. The zero-order valence-electron chi connectivity index (χ0n) is 8.93. The summed E-state index contributed by atoms with van der Waals surface area (Å²) < 4.78 is 0. The molecule has 2 aromatic carbocycles. The lowest BCUT2D eigenvalue weighted by Crippen LogP contribution is -2.02. The van der Waals surface area contributed by atoms with Crippen LogP contribution in [0.1, 0.15) is 0 Å². The first kappa shape index (κ1) is 12.0. The second-order valence-corrected chi connectivity index (χ2v) is 3.24. The third kappa shape index (κ3) is 2.98. The quantitative estimate of drug-likeness (QED) is 0.328. The molecule has 0 bridgehead atoms. The molecule has 0 aliphatic rings. The Labute approximate surface area is 94.8 Å². The number of hydrogen-bond donors (Lipinski definition) is 4. The summed E-state index contributed by atoms with van der Waals surface area (Å²) >= 11 is 0. The third-order valence-corrected chi connectivity index (χ3v) is 2.15. The number of nitrogens with two attached hydrogens (primary N) is 4. The standard InChI is InChI=1S/C12H12N2.H4N2/c13-11-5-1-9(2-6-11)10-3-7-12(14)8-4-10;1-2/h1-8H,13-14H2;1-2H2. The Morgan fingerprint density at radius 3 is 1.00 bits per heavy atom. The molecule has 84 valence electrons. The van der Waals surface area contributed by atoms with Gasteiger partial charge in [-0.2, -0.15) is 0 Å². The van der Waals surface area contributed by atoms with Crippen LogP contribution in [-0.2, 0) is 0 Å². The van der Waals surface area contributed by atoms with Crippen molar-refractivity contribution in [2.75, 3.05) is 11.5 Å². The summed E-state index contributed by atoms with van der Waals surface area (Å²) in [4.78, 5) is 0. The summed E-state index contributed by atoms with van der Waals surface area (Å²) in [7, 11) is 0. The van der Waals surface area contributed by atoms with Gasteiger partial charge in [0.25, 0.3) is 0 Å². The molecule has 0 aliphatic carbocycles. The Morgan fingerprint density at radius 1 is 0.500 bits per heavy atom. The van der Waals surface area contributed by atoms with Crippen molar-refractivity contribution in [1.29, 1.82) is 0 Å². The van der Waals surface area contributed by atoms with Crippen LogP contribution in [0.25, 0.3) is 11.1 Å². The molecular weight excluding hydrogens is 200 g/mol. The van der Waals surface area contributed by atoms with E-state index in [0.29, 0.717) is 0 Å². The molecule has 0 radical (unpaired) electrons. The molecule has 0 atom stereocenters. The minimum absolute atomic E-state index is 0.782. The molecule has 0 saturated carbocycles. The smallest absolute Gasteiger partial charge is 0.0314 e. The van der Waals surface area contributed by atoms with Crippen molar-refractivity contribution in [2.24, 2.45) is 11.7 Å². The van der Waals surface area contributed by atoms with E-state index in [9.17, 15) is 0 Å². The van der Waals surface area contributed by atoms with Crippen LogP contribution in [0.3, 0.4) is 0 Å². The molecule has 0 heterocycles. The Morgan fingerprint density at radius 2 is 0.750 bits per heavy atom. The topological polar surface area (TPSA) is 104 Å². The van der Waals surface area contributed by atoms with E-state index in [1.807, 2.05) is 48.5 Å². The van der Waals surface area contributed by atoms with Gasteiger partial charge in [0.2, 0.25) is 0 Å². The maximum Gasteiger partial charge on any atom is 0.0314 e. The van der Waals surface area contributed by atoms with Gasteiger partial charge in [0.15, 0.2) is 0 Å². The minimum Gasteiger partial charge on any atom is -0.399 e. The van der Waals surface area contributed by atoms with Gasteiger partial charge in [0, 0.05) is 11.4 Å². The van der Waals surface area contributed by atoms with Crippen LogP contribution < -0.4 is 23.2 Å². The van der Waals surface area contributed by atoms with Gasteiger partial charge in [0.1, 0.15) is 0 Å². The summed E-state index contributed by atoms with van der Waals surface area (Å²) in [6.07, 6.45) is 0. The van der Waals surface area contributed by atoms with Gasteiger partial charge >= 0.3 is 0 Å². The van der Waals surface area contributed by atoms with Crippen molar-refractivity contribution < 1.29 is 0 Å². The Balaban J connectivity index is 0.000000606. The van der Waals surface area contributed by atoms with Gasteiger partial charge in [-0.15, -0.1) is 0 Å². The van der Waals surface area contributed by atoms with Crippen molar-refractivity contribution >= 4 is 11.4 Å². The van der Waals surface area contributed by atoms with Crippen LogP contribution in [0, 0.1) is 0 Å². The lowest BCUT2D eigenvalue weighted by atomic mass is 10.1. The van der Waals surface area contributed by atoms with Crippen LogP contribution in [-0.4, -0.2) is 0 Å². The van der Waals surface area contributed by atoms with Crippen LogP contribution in [0.4, 0.5) is 11.4 Å². The molecule has 0 saturated heterocycles. The molecule has 16 heavy (non-hydrogen) atoms. The SMILES string of the molecule is NN.Nc1ccc(-c2ccc(N)cc2)cc1. The van der Waals surface area contributed by atoms with Crippen molar-refractivity contribution in [1.82, 2.24) is 0 Å². The summed E-state index contributed by atoms with van der Waals surface area (Å²) in [5.41, 5.74) is 15.1. The van der Waals surface area contributed by atoms with Crippen LogP contribution in [0.15, 0.2) is 48.5 Å². The summed E-state index contributed by atoms with van der Waals surface area (Å²) in [5, 5.41) is 0. The van der Waals surface area contributed by atoms with E-state index in [2.05, 4.69) is 11.7 Å². The van der Waals surface area contributed by atoms with Gasteiger partial charge in [-0.05, 0) is 35.4 Å². The molecule has 8 N–H and O–H groups in total. The molecular formula is C12H16N4. The van der Waals surface area contributed by atoms with E-state index in [1.54, 1.807) is 0 Å². The molecule has 0 spiro atoms. The largest absolute Gasteiger partial charge is 0.399 e. The van der Waals surface area contributed by atoms with E-state index in [0.717, 1.165) is 22.5 Å². The molecule has 2 aromatic rings. The lowest BCUT2D eigenvalue weighted by Gasteiger charge is -2.02. The molecule has 0 unspecified atom stereocenters. The monoisotopic (exact) mass is 216 g/mol. The number of rotatable bonds is 1. The maximum atomic E-state index is 5.61. The highest BCUT2D eigenvalue weighted by Crippen LogP contribution is 2.21. The Bertz CT molecular complexity index is 376. The first-order valence-corrected chi connectivity index (χ1v) is 4.80. The zero-order chi connectivity index (χ0) is 12.0. The van der Waals surface area contributed by atoms with Crippen LogP contribution in [0.5, 0.6) is 0 Å². The Hall–Kier alpha value is -2.04. The molecule has 2 rings (SSSR count). The van der Waals surface area contributed by atoms with Gasteiger partial charge in [-0.1, -0.05) is 24.3 Å². The third-order valence-electron chi connectivity index (χ3n) is 2.15. The predicted octanol–water partition coefficient (Wildman–Crippen LogP) is 1.34. The van der Waals surface area contributed by atoms with Crippen molar-refractivity contribution in [3.8, 4) is 11.1 Å². The van der Waals surface area contributed by atoms with Gasteiger partial charge in [-0.3, -0.25) is 11.7 Å². The second-order valence-electron chi connectivity index (χ2n) is 3.24. The fourth-order valence-electron chi connectivity index (χ4n) is 1.35. The highest BCUT2D eigenvalue weighted by molar-refractivity contribution is 5.67. The van der Waals surface area contributed by atoms with Crippen molar-refractivity contribution in [3.05, 3.63) is 48.5 Å². The number of nitrogen functional groups attached to an aromatic ring is 2. The average Bonchev–Trinajstić information content (AvgIpc) is 2.34. The first-order chi connectivity index (χ1) is 7.75. The Kier molecular flexibility index (Phi) is 4.32. The molecule has 0 aromatic heterocycles. The van der Waals surface area contributed by atoms with Crippen LogP contribution in [0.2, 0.25) is 0 Å². The fraction of sp³-hybridized carbons (Fsp3) is 0. The van der Waals surface area contributed by atoms with E-state index < -0.39 is 0 Å². The van der Waals surface area contributed by atoms with E-state index >= 15 is 0 Å². The number of hydrazine groups is 1. The van der Waals surface area contributed by atoms with Gasteiger partial charge in [0.05, 0.1) is 0 Å². The number of benzene rings is 2. The van der Waals surface area contributed by atoms with E-state index in [4.69, 9.17) is 11.5 Å². The summed E-state index contributed by atoms with van der Waals surface area (Å²) in [5.74, 6) is 8.00. The van der Waals surface area contributed by atoms with Crippen molar-refractivity contribution in [3.63, 3.8) is 0 Å². The molecule has 4 nitrogen and oxygen atoms in total. The molecule has 0 fully saturated rings. The zero-order valence-corrected chi connectivity index (χ0v) is 8.93. The number of anilines is 2. The summed E-state index contributed by atoms with van der Waals surface area (Å²) in [6.45, 7) is 0. The lowest BCUT2D eigenvalue weighted by molar-refractivity contribution is 1.26. The highest BCUT2D eigenvalue weighted by atomic mass is 15.0. The maximum absolute atomic E-state index is 5.61.